The van der Waals surface area contributed by atoms with Gasteiger partial charge in [-0.05, 0) is 37.3 Å². The van der Waals surface area contributed by atoms with E-state index < -0.39 is 5.92 Å². The highest BCUT2D eigenvalue weighted by Gasteiger charge is 2.39. The van der Waals surface area contributed by atoms with Crippen LogP contribution in [0, 0.1) is 19.8 Å². The number of hydrogen-bond acceptors (Lipinski definition) is 1. The molecule has 0 aliphatic heterocycles. The molecule has 2 rings (SSSR count). The molecule has 0 radical (unpaired) electrons. The van der Waals surface area contributed by atoms with Crippen LogP contribution in [0.25, 0.3) is 0 Å². The molecule has 0 amide bonds. The lowest BCUT2D eigenvalue weighted by Gasteiger charge is -2.11. The molecule has 1 atom stereocenters. The number of alkyl halides is 2. The highest BCUT2D eigenvalue weighted by atomic mass is 19.3. The van der Waals surface area contributed by atoms with Gasteiger partial charge in [-0.3, -0.25) is 4.79 Å². The van der Waals surface area contributed by atoms with Crippen molar-refractivity contribution in [3.63, 3.8) is 0 Å². The third-order valence-electron chi connectivity index (χ3n) is 3.91. The Bertz CT molecular complexity index is 480. The normalized spacial score (nSPS) is 21.6. The number of rotatable bonds is 4. The Morgan fingerprint density at radius 3 is 2.74 bits per heavy atom. The van der Waals surface area contributed by atoms with E-state index in [2.05, 4.69) is 0 Å². The predicted molar refractivity (Wildman–Crippen MR) is 71.5 cm³/mol. The molecule has 0 heterocycles. The molecule has 1 fully saturated rings. The summed E-state index contributed by atoms with van der Waals surface area (Å²) in [6.07, 6.45) is 0.962. The van der Waals surface area contributed by atoms with Crippen molar-refractivity contribution in [3.05, 3.63) is 34.9 Å². The van der Waals surface area contributed by atoms with Crippen LogP contribution in [0.4, 0.5) is 8.78 Å². The number of aryl methyl sites for hydroxylation is 2. The molecule has 1 aliphatic carbocycles. The molecule has 19 heavy (non-hydrogen) atoms. The summed E-state index contributed by atoms with van der Waals surface area (Å²) in [5.41, 5.74) is 3.24. The SMILES string of the molecule is Cc1ccc(C)c(CC(=O)CC2CCC(F)(F)C2)c1. The van der Waals surface area contributed by atoms with Crippen LogP contribution in [0.2, 0.25) is 0 Å². The number of Topliss-reactive ketones (excluding diaryl/α,β-unsaturated/α-hetero) is 1. The number of ketones is 1. The van der Waals surface area contributed by atoms with Gasteiger partial charge in [-0.1, -0.05) is 23.8 Å². The summed E-state index contributed by atoms with van der Waals surface area (Å²) in [4.78, 5) is 12.0. The second-order valence-corrected chi connectivity index (χ2v) is 5.81. The van der Waals surface area contributed by atoms with Gasteiger partial charge in [0.05, 0.1) is 0 Å². The van der Waals surface area contributed by atoms with Crippen LogP contribution >= 0.6 is 0 Å². The first-order valence-corrected chi connectivity index (χ1v) is 6.81. The molecule has 1 aliphatic rings. The summed E-state index contributed by atoms with van der Waals surface area (Å²) in [6, 6.07) is 6.03. The minimum Gasteiger partial charge on any atom is -0.299 e. The molecule has 1 unspecified atom stereocenters. The molecule has 1 saturated carbocycles. The van der Waals surface area contributed by atoms with Gasteiger partial charge in [0.1, 0.15) is 5.78 Å². The predicted octanol–water partition coefficient (Wildman–Crippen LogP) is 4.24. The molecule has 0 spiro atoms. The summed E-state index contributed by atoms with van der Waals surface area (Å²) in [5, 5.41) is 0. The van der Waals surface area contributed by atoms with E-state index in [1.807, 2.05) is 32.0 Å². The molecular formula is C16H20F2O. The zero-order valence-electron chi connectivity index (χ0n) is 11.5. The maximum atomic E-state index is 13.1. The lowest BCUT2D eigenvalue weighted by atomic mass is 9.94. The molecule has 104 valence electrons. The number of halogens is 2. The van der Waals surface area contributed by atoms with E-state index in [9.17, 15) is 13.6 Å². The van der Waals surface area contributed by atoms with Gasteiger partial charge >= 0.3 is 0 Å². The van der Waals surface area contributed by atoms with Crippen LogP contribution in [-0.2, 0) is 11.2 Å². The fraction of sp³-hybridized carbons (Fsp3) is 0.562. The van der Waals surface area contributed by atoms with E-state index in [0.717, 1.165) is 16.7 Å². The topological polar surface area (TPSA) is 17.1 Å². The zero-order chi connectivity index (χ0) is 14.0. The summed E-state index contributed by atoms with van der Waals surface area (Å²) in [5.74, 6) is -2.60. The molecule has 0 saturated heterocycles. The molecule has 0 aromatic heterocycles. The van der Waals surface area contributed by atoms with E-state index in [4.69, 9.17) is 0 Å². The highest BCUT2D eigenvalue weighted by molar-refractivity contribution is 5.81. The zero-order valence-corrected chi connectivity index (χ0v) is 11.5. The van der Waals surface area contributed by atoms with Crippen LogP contribution in [0.15, 0.2) is 18.2 Å². The van der Waals surface area contributed by atoms with Crippen molar-refractivity contribution in [2.24, 2.45) is 5.92 Å². The van der Waals surface area contributed by atoms with Crippen molar-refractivity contribution in [2.45, 2.75) is 51.9 Å². The average molecular weight is 266 g/mol. The average Bonchev–Trinajstić information content (AvgIpc) is 2.63. The fourth-order valence-electron chi connectivity index (χ4n) is 2.81. The molecule has 1 nitrogen and oxygen atoms in total. The second kappa shape index (κ2) is 5.40. The van der Waals surface area contributed by atoms with Crippen molar-refractivity contribution in [2.75, 3.05) is 0 Å². The van der Waals surface area contributed by atoms with E-state index in [1.165, 1.54) is 0 Å². The Labute approximate surface area is 113 Å². The Morgan fingerprint density at radius 1 is 1.37 bits per heavy atom. The number of benzene rings is 1. The van der Waals surface area contributed by atoms with Crippen molar-refractivity contribution in [1.29, 1.82) is 0 Å². The van der Waals surface area contributed by atoms with Gasteiger partial charge in [-0.2, -0.15) is 0 Å². The first kappa shape index (κ1) is 14.2. The van der Waals surface area contributed by atoms with Crippen LogP contribution in [0.1, 0.15) is 42.4 Å². The minimum absolute atomic E-state index is 0.0611. The standard InChI is InChI=1S/C16H20F2O/c1-11-3-4-12(2)14(7-11)9-15(19)8-13-5-6-16(17,18)10-13/h3-4,7,13H,5-6,8-10H2,1-2H3. The molecule has 1 aromatic carbocycles. The van der Waals surface area contributed by atoms with E-state index in [0.29, 0.717) is 19.3 Å². The highest BCUT2D eigenvalue weighted by Crippen LogP contribution is 2.40. The summed E-state index contributed by atoms with van der Waals surface area (Å²) < 4.78 is 26.2. The molecule has 0 N–H and O–H groups in total. The van der Waals surface area contributed by atoms with E-state index in [1.54, 1.807) is 0 Å². The quantitative estimate of drug-likeness (QED) is 0.796. The largest absolute Gasteiger partial charge is 0.299 e. The molecule has 3 heteroatoms. The van der Waals surface area contributed by atoms with Gasteiger partial charge in [0.25, 0.3) is 0 Å². The Kier molecular flexibility index (Phi) is 4.02. The monoisotopic (exact) mass is 266 g/mol. The van der Waals surface area contributed by atoms with Gasteiger partial charge in [0.2, 0.25) is 5.92 Å². The first-order valence-electron chi connectivity index (χ1n) is 6.81. The number of hydrogen-bond donors (Lipinski definition) is 0. The van der Waals surface area contributed by atoms with Gasteiger partial charge in [0.15, 0.2) is 0 Å². The maximum Gasteiger partial charge on any atom is 0.248 e. The van der Waals surface area contributed by atoms with Gasteiger partial charge in [-0.25, -0.2) is 8.78 Å². The smallest absolute Gasteiger partial charge is 0.248 e. The van der Waals surface area contributed by atoms with Crippen LogP contribution in [0.5, 0.6) is 0 Å². The summed E-state index contributed by atoms with van der Waals surface area (Å²) >= 11 is 0. The minimum atomic E-state index is -2.55. The van der Waals surface area contributed by atoms with Crippen LogP contribution < -0.4 is 0 Å². The van der Waals surface area contributed by atoms with Gasteiger partial charge in [-0.15, -0.1) is 0 Å². The van der Waals surface area contributed by atoms with E-state index >= 15 is 0 Å². The van der Waals surface area contributed by atoms with Crippen LogP contribution in [-0.4, -0.2) is 11.7 Å². The third-order valence-corrected chi connectivity index (χ3v) is 3.91. The van der Waals surface area contributed by atoms with Gasteiger partial charge in [0, 0.05) is 25.7 Å². The maximum absolute atomic E-state index is 13.1. The lowest BCUT2D eigenvalue weighted by molar-refractivity contribution is -0.119. The Balaban J connectivity index is 1.93. The Morgan fingerprint density at radius 2 is 2.11 bits per heavy atom. The summed E-state index contributed by atoms with van der Waals surface area (Å²) in [6.45, 7) is 3.97. The number of carbonyl (C=O) groups is 1. The van der Waals surface area contributed by atoms with Gasteiger partial charge < -0.3 is 0 Å². The molecule has 0 bridgehead atoms. The van der Waals surface area contributed by atoms with Crippen molar-refractivity contribution in [3.8, 4) is 0 Å². The second-order valence-electron chi connectivity index (χ2n) is 5.81. The number of carbonyl (C=O) groups excluding carboxylic acids is 1. The van der Waals surface area contributed by atoms with Crippen molar-refractivity contribution >= 4 is 5.78 Å². The third kappa shape index (κ3) is 3.85. The van der Waals surface area contributed by atoms with E-state index in [-0.39, 0.29) is 24.5 Å². The summed E-state index contributed by atoms with van der Waals surface area (Å²) in [7, 11) is 0. The van der Waals surface area contributed by atoms with Crippen molar-refractivity contribution in [1.82, 2.24) is 0 Å². The van der Waals surface area contributed by atoms with Crippen molar-refractivity contribution < 1.29 is 13.6 Å². The lowest BCUT2D eigenvalue weighted by Crippen LogP contribution is -2.13. The molecular weight excluding hydrogens is 246 g/mol. The van der Waals surface area contributed by atoms with Crippen LogP contribution in [0.3, 0.4) is 0 Å². The fourth-order valence-corrected chi connectivity index (χ4v) is 2.81. The first-order chi connectivity index (χ1) is 8.85. The molecule has 1 aromatic rings. The Hall–Kier alpha value is -1.25.